The maximum Gasteiger partial charge on any atom is 0.410 e. The summed E-state index contributed by atoms with van der Waals surface area (Å²) in [5, 5.41) is 9.42. The Morgan fingerprint density at radius 3 is 1.38 bits per heavy atom. The number of aliphatic hydroxyl groups is 1. The Labute approximate surface area is 378 Å². The Hall–Kier alpha value is -4.28. The second kappa shape index (κ2) is 18.2. The fourth-order valence-corrected chi connectivity index (χ4v) is 13.3. The van der Waals surface area contributed by atoms with Crippen LogP contribution in [0.15, 0.2) is 12.7 Å². The van der Waals surface area contributed by atoms with E-state index in [1.807, 2.05) is 20.8 Å². The van der Waals surface area contributed by atoms with Gasteiger partial charge in [0.05, 0.1) is 29.5 Å². The van der Waals surface area contributed by atoms with Crippen molar-refractivity contribution in [3.05, 3.63) is 12.7 Å². The van der Waals surface area contributed by atoms with Gasteiger partial charge in [0.1, 0.15) is 23.4 Å². The van der Waals surface area contributed by atoms with Crippen LogP contribution in [0.3, 0.4) is 0 Å². The van der Waals surface area contributed by atoms with Gasteiger partial charge in [0.15, 0.2) is 0 Å². The molecule has 0 spiro atoms. The minimum Gasteiger partial charge on any atom is -0.446 e. The third kappa shape index (κ3) is 10.1. The lowest BCUT2D eigenvalue weighted by Gasteiger charge is -2.58. The largest absolute Gasteiger partial charge is 0.446 e. The van der Waals surface area contributed by atoms with E-state index in [1.54, 1.807) is 41.5 Å². The zero-order valence-corrected chi connectivity index (χ0v) is 39.0. The van der Waals surface area contributed by atoms with Gasteiger partial charge in [-0.2, -0.15) is 0 Å². The highest BCUT2D eigenvalue weighted by atomic mass is 16.6. The number of ether oxygens (including phenoxy) is 4. The summed E-state index contributed by atoms with van der Waals surface area (Å²) in [6, 6.07) is -0.354. The average molecular weight is 899 g/mol. The van der Waals surface area contributed by atoms with Crippen LogP contribution in [-0.2, 0) is 28.5 Å². The van der Waals surface area contributed by atoms with Crippen molar-refractivity contribution in [1.82, 2.24) is 19.6 Å². The molecule has 10 rings (SSSR count). The van der Waals surface area contributed by atoms with Gasteiger partial charge in [0.2, 0.25) is 11.8 Å². The zero-order valence-electron chi connectivity index (χ0n) is 39.0. The Morgan fingerprint density at radius 2 is 1.03 bits per heavy atom. The number of nitrogens with zero attached hydrogens (tertiary/aromatic N) is 4. The molecule has 10 aliphatic rings. The molecule has 0 radical (unpaired) electrons. The molecule has 64 heavy (non-hydrogen) atoms. The topological polar surface area (TPSA) is 225 Å². The Kier molecular flexibility index (Phi) is 13.5. The molecule has 8 saturated carbocycles. The van der Waals surface area contributed by atoms with E-state index in [0.29, 0.717) is 57.4 Å². The molecule has 0 aromatic heterocycles. The molecule has 8 aliphatic carbocycles. The van der Waals surface area contributed by atoms with E-state index in [1.165, 1.54) is 4.90 Å². The van der Waals surface area contributed by atoms with Crippen LogP contribution in [-0.4, -0.2) is 142 Å². The number of amides is 6. The number of nitrogens with two attached hydrogens (primary N) is 2. The molecular formula is C47H74N6O11. The van der Waals surface area contributed by atoms with E-state index in [0.717, 1.165) is 64.2 Å². The Bertz CT molecular complexity index is 1780. The summed E-state index contributed by atoms with van der Waals surface area (Å²) in [6.45, 7) is 16.8. The molecule has 2 aliphatic heterocycles. The zero-order chi connectivity index (χ0) is 46.5. The third-order valence-corrected chi connectivity index (χ3v) is 15.5. The highest BCUT2D eigenvalue weighted by Crippen LogP contribution is 2.62. The van der Waals surface area contributed by atoms with Gasteiger partial charge in [-0.25, -0.2) is 19.2 Å². The van der Waals surface area contributed by atoms with Crippen molar-refractivity contribution in [3.8, 4) is 0 Å². The number of likely N-dealkylation sites (tertiary alicyclic amines) is 2. The summed E-state index contributed by atoms with van der Waals surface area (Å²) < 4.78 is 23.1. The Balaban J connectivity index is 0.000000191. The minimum absolute atomic E-state index is 0.132. The molecule has 5 N–H and O–H groups in total. The second-order valence-electron chi connectivity index (χ2n) is 22.5. The van der Waals surface area contributed by atoms with E-state index >= 15 is 0 Å². The van der Waals surface area contributed by atoms with Crippen molar-refractivity contribution >= 4 is 36.2 Å². The summed E-state index contributed by atoms with van der Waals surface area (Å²) in [6.07, 6.45) is 9.82. The van der Waals surface area contributed by atoms with Gasteiger partial charge in [-0.05, 0) is 154 Å². The lowest BCUT2D eigenvalue weighted by molar-refractivity contribution is -0.162. The van der Waals surface area contributed by atoms with Gasteiger partial charge in [0.25, 0.3) is 0 Å². The number of hydrogen-bond donors (Lipinski definition) is 3. The first-order valence-corrected chi connectivity index (χ1v) is 23.7. The van der Waals surface area contributed by atoms with Crippen LogP contribution >= 0.6 is 0 Å². The molecule has 6 amide bonds. The maximum atomic E-state index is 13.0. The lowest BCUT2D eigenvalue weighted by Crippen LogP contribution is -2.59. The van der Waals surface area contributed by atoms with E-state index in [9.17, 15) is 33.9 Å². The van der Waals surface area contributed by atoms with Crippen LogP contribution in [0, 0.1) is 46.3 Å². The maximum absolute atomic E-state index is 13.0. The highest BCUT2D eigenvalue weighted by molar-refractivity contribution is 5.82. The first-order chi connectivity index (χ1) is 30.0. The summed E-state index contributed by atoms with van der Waals surface area (Å²) >= 11 is 0. The van der Waals surface area contributed by atoms with Gasteiger partial charge in [-0.3, -0.25) is 14.5 Å². The summed E-state index contributed by atoms with van der Waals surface area (Å²) in [5.41, 5.74) is 9.50. The van der Waals surface area contributed by atoms with E-state index in [2.05, 4.69) is 6.58 Å². The van der Waals surface area contributed by atoms with Gasteiger partial charge in [-0.1, -0.05) is 6.08 Å². The first kappa shape index (κ1) is 47.7. The van der Waals surface area contributed by atoms with Gasteiger partial charge >= 0.3 is 24.4 Å². The molecule has 358 valence electrons. The quantitative estimate of drug-likeness (QED) is 0.186. The van der Waals surface area contributed by atoms with Crippen LogP contribution in [0.4, 0.5) is 19.2 Å². The van der Waals surface area contributed by atoms with Gasteiger partial charge < -0.3 is 50.2 Å². The fourth-order valence-electron chi connectivity index (χ4n) is 13.3. The van der Waals surface area contributed by atoms with Crippen LogP contribution in [0.2, 0.25) is 0 Å². The Morgan fingerprint density at radius 1 is 0.656 bits per heavy atom. The predicted molar refractivity (Wildman–Crippen MR) is 234 cm³/mol. The molecule has 2 saturated heterocycles. The lowest BCUT2D eigenvalue weighted by atomic mass is 9.48. The van der Waals surface area contributed by atoms with Crippen molar-refractivity contribution in [2.24, 2.45) is 57.8 Å². The van der Waals surface area contributed by atoms with E-state index < -0.39 is 34.2 Å². The summed E-state index contributed by atoms with van der Waals surface area (Å²) in [7, 11) is 0. The number of rotatable bonds is 10. The van der Waals surface area contributed by atoms with Crippen molar-refractivity contribution in [1.29, 1.82) is 0 Å². The van der Waals surface area contributed by atoms with Crippen molar-refractivity contribution in [2.75, 3.05) is 45.9 Å². The summed E-state index contributed by atoms with van der Waals surface area (Å²) in [4.78, 5) is 82.1. The summed E-state index contributed by atoms with van der Waals surface area (Å²) in [5.74, 6) is 1.47. The molecule has 0 aromatic carbocycles. The SMILES string of the molecule is C=CCN(C(=O)OC(C)(C)C)[C@@H]1CCN(C(=O)OC2C3CC4CC2CC(C(N)=O)(C4)C3)C1.CC(C)(C)OC(=O)N(CCO)[C@@H]1CCN(C(=O)OC2C3CC4CC2CC(C(N)=O)(C4)C3)C1. The molecule has 6 atom stereocenters. The van der Waals surface area contributed by atoms with Crippen LogP contribution in [0.25, 0.3) is 0 Å². The first-order valence-electron chi connectivity index (χ1n) is 23.7. The van der Waals surface area contributed by atoms with E-state index in [4.69, 9.17) is 30.4 Å². The predicted octanol–water partition coefficient (Wildman–Crippen LogP) is 5.41. The minimum atomic E-state index is -0.635. The highest BCUT2D eigenvalue weighted by Gasteiger charge is 2.61. The third-order valence-electron chi connectivity index (χ3n) is 15.5. The molecular weight excluding hydrogens is 825 g/mol. The second-order valence-corrected chi connectivity index (χ2v) is 22.5. The molecule has 17 nitrogen and oxygen atoms in total. The normalized spacial score (nSPS) is 35.5. The van der Waals surface area contributed by atoms with Crippen LogP contribution in [0.1, 0.15) is 119 Å². The molecule has 0 aromatic rings. The standard InChI is InChI=1S/C24H37N3O5.C23H37N3O6/c1-5-7-27(22(30)32-23(2,3)4)18-6-8-26(14-18)21(29)31-19-16-9-15-10-17(19)13-24(11-15,12-16)20(25)28;1-22(2,3)32-21(30)26(6-7-27)17-4-5-25(13-17)20(29)31-18-15-8-14-9-16(18)12-23(10-14,11-15)19(24)28/h5,15-19H,1,6-14H2,2-4H3,(H2,25,28);14-18,27H,4-13H2,1-3H3,(H2,24,28)/t15?,16?,17?,18-,19?,24?;14?,15?,16?,17-,18?,23?/m11/s1. The van der Waals surface area contributed by atoms with E-state index in [-0.39, 0.29) is 85.1 Å². The number of aliphatic hydroxyl groups excluding tert-OH is 1. The van der Waals surface area contributed by atoms with Gasteiger partial charge in [-0.15, -0.1) is 6.58 Å². The van der Waals surface area contributed by atoms with Gasteiger partial charge in [0, 0.05) is 39.3 Å². The number of primary amides is 2. The molecule has 4 unspecified atom stereocenters. The number of hydrogen-bond acceptors (Lipinski definition) is 11. The molecule has 10 fully saturated rings. The smallest absolute Gasteiger partial charge is 0.410 e. The molecule has 2 heterocycles. The number of carbonyl (C=O) groups excluding carboxylic acids is 6. The van der Waals surface area contributed by atoms with Crippen LogP contribution in [0.5, 0.6) is 0 Å². The average Bonchev–Trinajstić information content (AvgIpc) is 3.88. The monoisotopic (exact) mass is 899 g/mol. The van der Waals surface area contributed by atoms with Crippen molar-refractivity contribution in [2.45, 2.75) is 154 Å². The van der Waals surface area contributed by atoms with Crippen molar-refractivity contribution < 1.29 is 52.8 Å². The molecule has 8 bridgehead atoms. The van der Waals surface area contributed by atoms with Crippen LogP contribution < -0.4 is 11.5 Å². The molecule has 17 heteroatoms. The van der Waals surface area contributed by atoms with Crippen molar-refractivity contribution in [3.63, 3.8) is 0 Å². The fraction of sp³-hybridized carbons (Fsp3) is 0.830. The number of carbonyl (C=O) groups is 6.